The molecule has 10 heteroatoms. The Balaban J connectivity index is 1.48. The zero-order valence-corrected chi connectivity index (χ0v) is 44.8. The van der Waals surface area contributed by atoms with Crippen LogP contribution in [0.3, 0.4) is 0 Å². The molecule has 0 spiro atoms. The number of thioether (sulfide) groups is 2. The first-order valence-corrected chi connectivity index (χ1v) is 28.2. The number of aryl methyl sites for hydroxylation is 1. The summed E-state index contributed by atoms with van der Waals surface area (Å²) in [5.74, 6) is 4.64. The third-order valence-electron chi connectivity index (χ3n) is 13.1. The minimum atomic E-state index is -0.350. The van der Waals surface area contributed by atoms with E-state index in [4.69, 9.17) is 0 Å². The summed E-state index contributed by atoms with van der Waals surface area (Å²) >= 11 is 3.85. The molecule has 0 radical (unpaired) electrons. The van der Waals surface area contributed by atoms with Crippen LogP contribution in [0.15, 0.2) is 114 Å². The predicted molar refractivity (Wildman–Crippen MR) is 297 cm³/mol. The van der Waals surface area contributed by atoms with Gasteiger partial charge in [-0.05, 0) is 132 Å². The van der Waals surface area contributed by atoms with Crippen molar-refractivity contribution in [3.63, 3.8) is 0 Å². The fraction of sp³-hybridized carbons (Fsp3) is 0.492. The Bertz CT molecular complexity index is 2340. The second-order valence-electron chi connectivity index (χ2n) is 19.3. The molecular formula is C59H81N4O4S2+. The van der Waals surface area contributed by atoms with Gasteiger partial charge in [-0.1, -0.05) is 102 Å². The van der Waals surface area contributed by atoms with Crippen LogP contribution in [0, 0.1) is 18.8 Å². The molecule has 0 aliphatic heterocycles. The minimum absolute atomic E-state index is 0.0779. The number of benzene rings is 3. The molecule has 3 aromatic carbocycles. The average Bonchev–Trinajstić information content (AvgIpc) is 3.33. The van der Waals surface area contributed by atoms with Gasteiger partial charge < -0.3 is 20.6 Å². The Hall–Kier alpha value is -4.80. The number of carbonyl (C=O) groups excluding carboxylic acids is 3. The van der Waals surface area contributed by atoms with Crippen molar-refractivity contribution in [2.24, 2.45) is 11.8 Å². The third kappa shape index (κ3) is 15.6. The van der Waals surface area contributed by atoms with Crippen LogP contribution < -0.4 is 15.5 Å². The Kier molecular flexibility index (Phi) is 22.5. The topological polar surface area (TPSA) is 102 Å². The molecule has 69 heavy (non-hydrogen) atoms. The van der Waals surface area contributed by atoms with Crippen molar-refractivity contribution in [3.05, 3.63) is 125 Å². The monoisotopic (exact) mass is 974 g/mol. The van der Waals surface area contributed by atoms with Gasteiger partial charge in [0.1, 0.15) is 5.76 Å². The molecule has 0 saturated heterocycles. The number of rotatable bonds is 28. The van der Waals surface area contributed by atoms with Crippen LogP contribution >= 0.6 is 23.5 Å². The highest BCUT2D eigenvalue weighted by Crippen LogP contribution is 2.44. The summed E-state index contributed by atoms with van der Waals surface area (Å²) in [6.45, 7) is 19.5. The van der Waals surface area contributed by atoms with E-state index in [0.29, 0.717) is 47.2 Å². The van der Waals surface area contributed by atoms with E-state index in [1.54, 1.807) is 0 Å². The van der Waals surface area contributed by atoms with Gasteiger partial charge in [0.05, 0.1) is 22.5 Å². The van der Waals surface area contributed by atoms with Gasteiger partial charge in [0.25, 0.3) is 0 Å². The van der Waals surface area contributed by atoms with Crippen LogP contribution in [0.25, 0.3) is 5.57 Å². The number of allylic oxidation sites excluding steroid dienone is 5. The van der Waals surface area contributed by atoms with Crippen LogP contribution in [0.4, 0.5) is 22.7 Å². The number of anilines is 3. The summed E-state index contributed by atoms with van der Waals surface area (Å²) in [5, 5.41) is 18.4. The van der Waals surface area contributed by atoms with Crippen molar-refractivity contribution < 1.29 is 24.1 Å². The van der Waals surface area contributed by atoms with E-state index in [-0.39, 0.29) is 46.6 Å². The fourth-order valence-electron chi connectivity index (χ4n) is 9.09. The number of unbranched alkanes of at least 4 members (excludes halogenated alkanes) is 2. The molecule has 3 N–H and O–H groups in total. The van der Waals surface area contributed by atoms with Crippen molar-refractivity contribution in [3.8, 4) is 0 Å². The average molecular weight is 974 g/mol. The zero-order valence-electron chi connectivity index (χ0n) is 43.2. The summed E-state index contributed by atoms with van der Waals surface area (Å²) in [6, 6.07) is 24.3. The van der Waals surface area contributed by atoms with E-state index >= 15 is 0 Å². The third-order valence-corrected chi connectivity index (χ3v) is 15.7. The predicted octanol–water partition coefficient (Wildman–Crippen LogP) is 14.9. The minimum Gasteiger partial charge on any atom is -0.506 e. The Morgan fingerprint density at radius 2 is 1.30 bits per heavy atom. The molecular weight excluding hydrogens is 893 g/mol. The molecule has 2 aliphatic carbocycles. The SMILES string of the molecule is CCCCC(CC)CSCCCC(=O)NC1=CC(=[N+](/c2ccc(C)cc2)C(C)C)/C=CC/1=C1\C(=O)C(c2ccc(N(c3ccccc3)C(C)C)cc2NC(=O)CCCSCC(CC)CCCC)=C1O. The highest BCUT2D eigenvalue weighted by molar-refractivity contribution is 7.99. The molecule has 372 valence electrons. The van der Waals surface area contributed by atoms with Crippen LogP contribution in [0.5, 0.6) is 0 Å². The molecule has 5 rings (SSSR count). The molecule has 3 aromatic rings. The number of hydrogen-bond donors (Lipinski definition) is 3. The number of amides is 2. The van der Waals surface area contributed by atoms with Gasteiger partial charge in [-0.2, -0.15) is 28.1 Å². The first kappa shape index (κ1) is 55.1. The number of nitrogens with zero attached hydrogens (tertiary/aromatic N) is 2. The number of aliphatic hydroxyl groups excluding tert-OH is 1. The molecule has 2 atom stereocenters. The highest BCUT2D eigenvalue weighted by atomic mass is 32.2. The standard InChI is InChI=1S/C59H80N4O4S2/c1-10-14-21-44(12-3)39-68-35-19-25-54(64)60-52-37-48(62(41(5)6)46-23-17-16-18-24-46)31-33-50(52)56-58(66)57(59(56)67)51-34-32-49(63(42(7)8)47-29-27-43(9)28-30-47)38-53(51)61-55(65)26-20-36-69-40-45(13-4)22-15-11-2/h16-18,23-24,27-34,37-38,41-42,44-45H,10-15,19-22,25-26,35-36,39-40H2,1-9H3,(H2,60,61,64,65,66,67)/p+1. The van der Waals surface area contributed by atoms with E-state index in [1.807, 2.05) is 78.2 Å². The summed E-state index contributed by atoms with van der Waals surface area (Å²) < 4.78 is 2.20. The van der Waals surface area contributed by atoms with Gasteiger partial charge in [0.15, 0.2) is 6.04 Å². The second kappa shape index (κ2) is 28.1. The maximum Gasteiger partial charge on any atom is 0.224 e. The molecule has 0 bridgehead atoms. The van der Waals surface area contributed by atoms with E-state index < -0.39 is 0 Å². The summed E-state index contributed by atoms with van der Waals surface area (Å²) in [5.41, 5.74) is 6.99. The smallest absolute Gasteiger partial charge is 0.224 e. The largest absolute Gasteiger partial charge is 0.506 e. The van der Waals surface area contributed by atoms with Gasteiger partial charge in [0.2, 0.25) is 29.0 Å². The lowest BCUT2D eigenvalue weighted by Gasteiger charge is -2.31. The lowest BCUT2D eigenvalue weighted by Crippen LogP contribution is -2.31. The van der Waals surface area contributed by atoms with Crippen LogP contribution in [-0.4, -0.2) is 68.1 Å². The van der Waals surface area contributed by atoms with E-state index in [0.717, 1.165) is 64.2 Å². The molecule has 8 nitrogen and oxygen atoms in total. The van der Waals surface area contributed by atoms with Crippen molar-refractivity contribution in [2.75, 3.05) is 33.2 Å². The Morgan fingerprint density at radius 1 is 0.710 bits per heavy atom. The number of aliphatic hydroxyl groups is 1. The maximum atomic E-state index is 14.7. The quantitative estimate of drug-likeness (QED) is 0.0378. The van der Waals surface area contributed by atoms with Crippen molar-refractivity contribution in [1.82, 2.24) is 5.32 Å². The number of ketones is 1. The number of para-hydroxylation sites is 1. The summed E-state index contributed by atoms with van der Waals surface area (Å²) in [4.78, 5) is 44.4. The van der Waals surface area contributed by atoms with Crippen molar-refractivity contribution in [1.29, 1.82) is 0 Å². The number of carbonyl (C=O) groups is 3. The fourth-order valence-corrected chi connectivity index (χ4v) is 11.6. The molecule has 2 amide bonds. The first-order chi connectivity index (χ1) is 33.3. The van der Waals surface area contributed by atoms with Crippen LogP contribution in [0.1, 0.15) is 144 Å². The Labute approximate surface area is 423 Å². The number of nitrogens with one attached hydrogen (secondary N) is 2. The van der Waals surface area contributed by atoms with Crippen molar-refractivity contribution in [2.45, 2.75) is 151 Å². The first-order valence-electron chi connectivity index (χ1n) is 25.9. The maximum absolute atomic E-state index is 14.7. The molecule has 0 heterocycles. The Morgan fingerprint density at radius 3 is 1.84 bits per heavy atom. The van der Waals surface area contributed by atoms with Gasteiger partial charge in [0, 0.05) is 65.7 Å². The van der Waals surface area contributed by atoms with Gasteiger partial charge in [-0.3, -0.25) is 14.4 Å². The highest BCUT2D eigenvalue weighted by Gasteiger charge is 2.40. The van der Waals surface area contributed by atoms with Gasteiger partial charge in [-0.15, -0.1) is 0 Å². The molecule has 2 aliphatic rings. The van der Waals surface area contributed by atoms with Crippen LogP contribution in [0.2, 0.25) is 0 Å². The molecule has 0 fully saturated rings. The lowest BCUT2D eigenvalue weighted by molar-refractivity contribution is -0.474. The second-order valence-corrected chi connectivity index (χ2v) is 21.6. The molecule has 0 saturated carbocycles. The number of hydrogen-bond acceptors (Lipinski definition) is 7. The normalized spacial score (nSPS) is 16.4. The zero-order chi connectivity index (χ0) is 49.9. The van der Waals surface area contributed by atoms with E-state index in [1.165, 1.54) is 51.4 Å². The van der Waals surface area contributed by atoms with Gasteiger partial charge in [-0.25, -0.2) is 0 Å². The molecule has 0 aromatic heterocycles. The van der Waals surface area contributed by atoms with Gasteiger partial charge >= 0.3 is 0 Å². The summed E-state index contributed by atoms with van der Waals surface area (Å²) in [7, 11) is 0. The van der Waals surface area contributed by atoms with E-state index in [9.17, 15) is 19.5 Å². The number of Topliss-reactive ketones (excluding diaryl/α,β-unsaturated/α-hetero) is 1. The summed E-state index contributed by atoms with van der Waals surface area (Å²) in [6.07, 6.45) is 17.6. The van der Waals surface area contributed by atoms with Crippen LogP contribution in [-0.2, 0) is 14.4 Å². The van der Waals surface area contributed by atoms with Crippen molar-refractivity contribution >= 4 is 75.2 Å². The lowest BCUT2D eigenvalue weighted by atomic mass is 9.78. The van der Waals surface area contributed by atoms with E-state index in [2.05, 4.69) is 119 Å². The molecule has 2 unspecified atom stereocenters.